The first-order valence-electron chi connectivity index (χ1n) is 5.99. The largest absolute Gasteiger partial charge is 0.421 e. The third kappa shape index (κ3) is 3.37. The minimum Gasteiger partial charge on any atom is -0.421 e. The second-order valence-electron chi connectivity index (χ2n) is 3.91. The van der Waals surface area contributed by atoms with Crippen LogP contribution in [0, 0.1) is 0 Å². The predicted octanol–water partition coefficient (Wildman–Crippen LogP) is 3.20. The van der Waals surface area contributed by atoms with Crippen LogP contribution in [0.2, 0.25) is 0 Å². The molecule has 2 aromatic carbocycles. The van der Waals surface area contributed by atoms with Gasteiger partial charge in [0.25, 0.3) is 0 Å². The SMILES string of the molecule is CCOP(=O)(Oc1ccc(N)cc1)c1ccccc1. The van der Waals surface area contributed by atoms with Crippen LogP contribution in [0.1, 0.15) is 6.92 Å². The van der Waals surface area contributed by atoms with Crippen molar-refractivity contribution in [1.82, 2.24) is 0 Å². The van der Waals surface area contributed by atoms with Crippen molar-refractivity contribution in [1.29, 1.82) is 0 Å². The van der Waals surface area contributed by atoms with Gasteiger partial charge in [-0.05, 0) is 43.3 Å². The third-order valence-electron chi connectivity index (χ3n) is 2.48. The number of hydrogen-bond acceptors (Lipinski definition) is 4. The molecule has 0 aliphatic heterocycles. The lowest BCUT2D eigenvalue weighted by Gasteiger charge is -2.18. The van der Waals surface area contributed by atoms with Crippen molar-refractivity contribution in [2.75, 3.05) is 12.3 Å². The lowest BCUT2D eigenvalue weighted by Crippen LogP contribution is -2.12. The number of rotatable bonds is 5. The standard InChI is InChI=1S/C14H16NO3P/c1-2-17-19(16,14-6-4-3-5-7-14)18-13-10-8-12(15)9-11-13/h3-11H,2,15H2,1H3. The predicted molar refractivity (Wildman–Crippen MR) is 76.8 cm³/mol. The number of nitrogens with two attached hydrogens (primary N) is 1. The Bertz CT molecular complexity index is 569. The number of anilines is 1. The number of benzene rings is 2. The summed E-state index contributed by atoms with van der Waals surface area (Å²) < 4.78 is 23.7. The van der Waals surface area contributed by atoms with Crippen molar-refractivity contribution >= 4 is 18.6 Å². The van der Waals surface area contributed by atoms with E-state index in [2.05, 4.69) is 0 Å². The Kier molecular flexibility index (Phi) is 4.25. The Morgan fingerprint density at radius 2 is 1.68 bits per heavy atom. The van der Waals surface area contributed by atoms with Gasteiger partial charge in [-0.25, -0.2) is 4.57 Å². The maximum absolute atomic E-state index is 12.8. The van der Waals surface area contributed by atoms with Gasteiger partial charge in [0.05, 0.1) is 11.9 Å². The normalized spacial score (nSPS) is 13.7. The van der Waals surface area contributed by atoms with Crippen LogP contribution in [0.3, 0.4) is 0 Å². The molecule has 1 atom stereocenters. The van der Waals surface area contributed by atoms with Gasteiger partial charge in [0.2, 0.25) is 0 Å². The van der Waals surface area contributed by atoms with E-state index in [0.29, 0.717) is 23.3 Å². The van der Waals surface area contributed by atoms with Gasteiger partial charge in [-0.3, -0.25) is 4.52 Å². The van der Waals surface area contributed by atoms with Crippen LogP contribution in [-0.2, 0) is 9.09 Å². The third-order valence-corrected chi connectivity index (χ3v) is 4.46. The first kappa shape index (κ1) is 13.7. The molecule has 100 valence electrons. The summed E-state index contributed by atoms with van der Waals surface area (Å²) in [6, 6.07) is 15.6. The highest BCUT2D eigenvalue weighted by molar-refractivity contribution is 7.62. The summed E-state index contributed by atoms with van der Waals surface area (Å²) in [4.78, 5) is 0. The Balaban J connectivity index is 2.30. The zero-order valence-electron chi connectivity index (χ0n) is 10.7. The molecule has 2 rings (SSSR count). The highest BCUT2D eigenvalue weighted by Crippen LogP contribution is 2.47. The van der Waals surface area contributed by atoms with Gasteiger partial charge in [-0.2, -0.15) is 0 Å². The average Bonchev–Trinajstić information content (AvgIpc) is 2.43. The van der Waals surface area contributed by atoms with Crippen LogP contribution in [0.4, 0.5) is 5.69 Å². The molecule has 5 heteroatoms. The van der Waals surface area contributed by atoms with Gasteiger partial charge >= 0.3 is 7.60 Å². The molecule has 0 aliphatic rings. The second-order valence-corrected chi connectivity index (χ2v) is 5.86. The Morgan fingerprint density at radius 3 is 2.26 bits per heavy atom. The van der Waals surface area contributed by atoms with E-state index in [1.54, 1.807) is 55.5 Å². The van der Waals surface area contributed by atoms with Crippen molar-refractivity contribution in [3.05, 3.63) is 54.6 Å². The fourth-order valence-electron chi connectivity index (χ4n) is 1.60. The van der Waals surface area contributed by atoms with Gasteiger partial charge in [-0.1, -0.05) is 18.2 Å². The van der Waals surface area contributed by atoms with E-state index in [9.17, 15) is 4.57 Å². The molecular formula is C14H16NO3P. The zero-order valence-corrected chi connectivity index (χ0v) is 11.5. The van der Waals surface area contributed by atoms with Crippen LogP contribution in [0.15, 0.2) is 54.6 Å². The lowest BCUT2D eigenvalue weighted by atomic mass is 10.3. The van der Waals surface area contributed by atoms with Crippen LogP contribution in [0.5, 0.6) is 5.75 Å². The van der Waals surface area contributed by atoms with E-state index in [0.717, 1.165) is 0 Å². The van der Waals surface area contributed by atoms with E-state index in [4.69, 9.17) is 14.8 Å². The molecule has 0 radical (unpaired) electrons. The summed E-state index contributed by atoms with van der Waals surface area (Å²) in [5, 5.41) is 0.536. The molecule has 0 saturated heterocycles. The van der Waals surface area contributed by atoms with Crippen molar-refractivity contribution in [3.8, 4) is 5.75 Å². The van der Waals surface area contributed by atoms with E-state index < -0.39 is 7.60 Å². The monoisotopic (exact) mass is 277 g/mol. The summed E-state index contributed by atoms with van der Waals surface area (Å²) >= 11 is 0. The fourth-order valence-corrected chi connectivity index (χ4v) is 3.19. The van der Waals surface area contributed by atoms with Crippen LogP contribution in [-0.4, -0.2) is 6.61 Å². The second kappa shape index (κ2) is 5.91. The fraction of sp³-hybridized carbons (Fsp3) is 0.143. The summed E-state index contributed by atoms with van der Waals surface area (Å²) in [5.41, 5.74) is 6.23. The molecule has 2 aromatic rings. The van der Waals surface area contributed by atoms with Crippen molar-refractivity contribution in [2.24, 2.45) is 0 Å². The molecule has 2 N–H and O–H groups in total. The Labute approximate surface area is 112 Å². The number of nitrogen functional groups attached to an aromatic ring is 1. The minimum atomic E-state index is -3.35. The molecule has 0 heterocycles. The topological polar surface area (TPSA) is 61.5 Å². The summed E-state index contributed by atoms with van der Waals surface area (Å²) in [7, 11) is -3.35. The van der Waals surface area contributed by atoms with E-state index in [1.165, 1.54) is 0 Å². The molecule has 1 unspecified atom stereocenters. The summed E-state index contributed by atoms with van der Waals surface area (Å²) in [6.07, 6.45) is 0. The van der Waals surface area contributed by atoms with Crippen LogP contribution < -0.4 is 15.6 Å². The Morgan fingerprint density at radius 1 is 1.05 bits per heavy atom. The summed E-state index contributed by atoms with van der Waals surface area (Å²) in [5.74, 6) is 0.467. The lowest BCUT2D eigenvalue weighted by molar-refractivity contribution is 0.289. The van der Waals surface area contributed by atoms with E-state index in [-0.39, 0.29) is 0 Å². The van der Waals surface area contributed by atoms with E-state index >= 15 is 0 Å². The zero-order chi connectivity index (χ0) is 13.7. The smallest absolute Gasteiger partial charge is 0.410 e. The van der Waals surface area contributed by atoms with Crippen molar-refractivity contribution in [3.63, 3.8) is 0 Å². The van der Waals surface area contributed by atoms with E-state index in [1.807, 2.05) is 6.07 Å². The van der Waals surface area contributed by atoms with Gasteiger partial charge < -0.3 is 10.3 Å². The van der Waals surface area contributed by atoms with Crippen LogP contribution in [0.25, 0.3) is 0 Å². The first-order valence-corrected chi connectivity index (χ1v) is 7.53. The average molecular weight is 277 g/mol. The highest BCUT2D eigenvalue weighted by Gasteiger charge is 2.28. The number of hydrogen-bond donors (Lipinski definition) is 1. The molecule has 0 bridgehead atoms. The first-order chi connectivity index (χ1) is 9.14. The quantitative estimate of drug-likeness (QED) is 0.673. The Hall–Kier alpha value is -1.77. The molecule has 0 aliphatic carbocycles. The van der Waals surface area contributed by atoms with Gasteiger partial charge in [-0.15, -0.1) is 0 Å². The highest BCUT2D eigenvalue weighted by atomic mass is 31.2. The van der Waals surface area contributed by atoms with Gasteiger partial charge in [0.15, 0.2) is 0 Å². The molecule has 0 fully saturated rings. The molecule has 0 saturated carbocycles. The summed E-state index contributed by atoms with van der Waals surface area (Å²) in [6.45, 7) is 2.09. The molecule has 0 aromatic heterocycles. The van der Waals surface area contributed by atoms with Gasteiger partial charge in [0, 0.05) is 5.69 Å². The molecule has 4 nitrogen and oxygen atoms in total. The maximum Gasteiger partial charge on any atom is 0.410 e. The minimum absolute atomic E-state index is 0.307. The molecule has 0 amide bonds. The van der Waals surface area contributed by atoms with Crippen LogP contribution >= 0.6 is 7.60 Å². The molecule has 0 spiro atoms. The molecule has 19 heavy (non-hydrogen) atoms. The van der Waals surface area contributed by atoms with Crippen molar-refractivity contribution in [2.45, 2.75) is 6.92 Å². The molecular weight excluding hydrogens is 261 g/mol. The maximum atomic E-state index is 12.8. The van der Waals surface area contributed by atoms with Crippen molar-refractivity contribution < 1.29 is 13.6 Å². The van der Waals surface area contributed by atoms with Gasteiger partial charge in [0.1, 0.15) is 5.75 Å².